The number of hydrogen-bond acceptors (Lipinski definition) is 4. The Morgan fingerprint density at radius 3 is 2.81 bits per heavy atom. The maximum atomic E-state index is 9.11. The summed E-state index contributed by atoms with van der Waals surface area (Å²) in [5.74, 6) is 3.29. The van der Waals surface area contributed by atoms with Gasteiger partial charge in [-0.1, -0.05) is 32.0 Å². The quantitative estimate of drug-likeness (QED) is 0.739. The van der Waals surface area contributed by atoms with Crippen LogP contribution in [0.4, 0.5) is 0 Å². The van der Waals surface area contributed by atoms with Crippen LogP contribution in [0.25, 0.3) is 11.0 Å². The summed E-state index contributed by atoms with van der Waals surface area (Å²) in [6, 6.07) is 10.5. The lowest BCUT2D eigenvalue weighted by Gasteiger charge is -2.16. The second-order valence-corrected chi connectivity index (χ2v) is 6.59. The average molecular weight is 307 g/mol. The number of furan rings is 1. The zero-order valence-corrected chi connectivity index (χ0v) is 13.7. The molecule has 2 atom stereocenters. The summed E-state index contributed by atoms with van der Waals surface area (Å²) < 4.78 is 5.99. The van der Waals surface area contributed by atoms with E-state index in [9.17, 15) is 0 Å². The second kappa shape index (κ2) is 8.47. The minimum absolute atomic E-state index is 0.230. The fourth-order valence-electron chi connectivity index (χ4n) is 2.17. The molecular formula is C17H25NO2S. The first kappa shape index (κ1) is 16.4. The van der Waals surface area contributed by atoms with Crippen LogP contribution in [-0.4, -0.2) is 29.8 Å². The van der Waals surface area contributed by atoms with E-state index in [0.717, 1.165) is 41.2 Å². The number of benzene rings is 1. The predicted octanol–water partition coefficient (Wildman–Crippen LogP) is 3.84. The lowest BCUT2D eigenvalue weighted by molar-refractivity contribution is 0.250. The molecule has 0 saturated carbocycles. The van der Waals surface area contributed by atoms with Gasteiger partial charge in [-0.15, -0.1) is 0 Å². The zero-order chi connectivity index (χ0) is 15.1. The van der Waals surface area contributed by atoms with Gasteiger partial charge in [-0.3, -0.25) is 0 Å². The van der Waals surface area contributed by atoms with Crippen molar-refractivity contribution in [2.45, 2.75) is 26.3 Å². The van der Waals surface area contributed by atoms with Gasteiger partial charge < -0.3 is 14.8 Å². The first-order valence-electron chi connectivity index (χ1n) is 7.65. The lowest BCUT2D eigenvalue weighted by atomic mass is 10.2. The highest BCUT2D eigenvalue weighted by molar-refractivity contribution is 7.99. The van der Waals surface area contributed by atoms with Crippen molar-refractivity contribution in [3.63, 3.8) is 0 Å². The van der Waals surface area contributed by atoms with Crippen molar-refractivity contribution in [2.75, 3.05) is 24.7 Å². The molecule has 0 saturated heterocycles. The number of aliphatic hydroxyl groups is 1. The van der Waals surface area contributed by atoms with E-state index in [2.05, 4.69) is 31.3 Å². The van der Waals surface area contributed by atoms with Crippen molar-refractivity contribution < 1.29 is 9.52 Å². The van der Waals surface area contributed by atoms with Crippen LogP contribution in [0.5, 0.6) is 0 Å². The molecule has 2 aromatic rings. The summed E-state index contributed by atoms with van der Waals surface area (Å²) >= 11 is 1.87. The smallest absolute Gasteiger partial charge is 0.134 e. The molecule has 1 aromatic carbocycles. The van der Waals surface area contributed by atoms with Crippen LogP contribution in [0.15, 0.2) is 34.7 Å². The Kier molecular flexibility index (Phi) is 6.61. The standard InChI is InChI=1S/C17H25NO2S/c1-3-8-18-15(12-21-11-13(2)10-19)17-9-14-6-4-5-7-16(14)20-17/h4-7,9,13,15,18-19H,3,8,10-12H2,1-2H3. The molecule has 0 radical (unpaired) electrons. The summed E-state index contributed by atoms with van der Waals surface area (Å²) in [6.07, 6.45) is 1.11. The maximum absolute atomic E-state index is 9.11. The third kappa shape index (κ3) is 4.77. The number of fused-ring (bicyclic) bond motifs is 1. The molecule has 4 heteroatoms. The highest BCUT2D eigenvalue weighted by Crippen LogP contribution is 2.26. The lowest BCUT2D eigenvalue weighted by Crippen LogP contribution is -2.24. The number of aliphatic hydroxyl groups excluding tert-OH is 1. The molecule has 2 N–H and O–H groups in total. The van der Waals surface area contributed by atoms with Gasteiger partial charge in [0.05, 0.1) is 6.04 Å². The molecule has 2 rings (SSSR count). The van der Waals surface area contributed by atoms with Gasteiger partial charge in [-0.25, -0.2) is 0 Å². The van der Waals surface area contributed by atoms with Crippen LogP contribution < -0.4 is 5.32 Å². The number of para-hydroxylation sites is 1. The van der Waals surface area contributed by atoms with Crippen LogP contribution in [0.1, 0.15) is 32.1 Å². The summed E-state index contributed by atoms with van der Waals surface area (Å²) in [5, 5.41) is 13.8. The van der Waals surface area contributed by atoms with Crippen molar-refractivity contribution >= 4 is 22.7 Å². The van der Waals surface area contributed by atoms with Crippen LogP contribution in [0, 0.1) is 5.92 Å². The third-order valence-corrected chi connectivity index (χ3v) is 4.80. The molecule has 0 aliphatic heterocycles. The summed E-state index contributed by atoms with van der Waals surface area (Å²) in [7, 11) is 0. The minimum atomic E-state index is 0.230. The van der Waals surface area contributed by atoms with Crippen molar-refractivity contribution in [3.8, 4) is 0 Å². The molecule has 116 valence electrons. The topological polar surface area (TPSA) is 45.4 Å². The van der Waals surface area contributed by atoms with E-state index in [4.69, 9.17) is 9.52 Å². The third-order valence-electron chi connectivity index (χ3n) is 3.43. The Bertz CT molecular complexity index is 507. The molecule has 0 amide bonds. The normalized spacial score (nSPS) is 14.4. The predicted molar refractivity (Wildman–Crippen MR) is 90.8 cm³/mol. The second-order valence-electron chi connectivity index (χ2n) is 5.52. The van der Waals surface area contributed by atoms with Crippen LogP contribution >= 0.6 is 11.8 Å². The van der Waals surface area contributed by atoms with Gasteiger partial charge in [-0.05, 0) is 36.8 Å². The van der Waals surface area contributed by atoms with Crippen LogP contribution in [0.2, 0.25) is 0 Å². The highest BCUT2D eigenvalue weighted by atomic mass is 32.2. The molecular weight excluding hydrogens is 282 g/mol. The van der Waals surface area contributed by atoms with E-state index in [0.29, 0.717) is 5.92 Å². The molecule has 1 heterocycles. The van der Waals surface area contributed by atoms with E-state index in [-0.39, 0.29) is 12.6 Å². The van der Waals surface area contributed by atoms with Gasteiger partial charge in [0.15, 0.2) is 0 Å². The Labute approximate surface area is 131 Å². The summed E-state index contributed by atoms with van der Waals surface area (Å²) in [4.78, 5) is 0. The van der Waals surface area contributed by atoms with Gasteiger partial charge in [-0.2, -0.15) is 11.8 Å². The molecule has 0 aliphatic rings. The minimum Gasteiger partial charge on any atom is -0.459 e. The zero-order valence-electron chi connectivity index (χ0n) is 12.8. The molecule has 0 bridgehead atoms. The fraction of sp³-hybridized carbons (Fsp3) is 0.529. The van der Waals surface area contributed by atoms with E-state index >= 15 is 0 Å². The molecule has 0 spiro atoms. The van der Waals surface area contributed by atoms with E-state index in [1.165, 1.54) is 0 Å². The highest BCUT2D eigenvalue weighted by Gasteiger charge is 2.16. The number of thioether (sulfide) groups is 1. The monoisotopic (exact) mass is 307 g/mol. The first-order chi connectivity index (χ1) is 10.2. The van der Waals surface area contributed by atoms with E-state index in [1.807, 2.05) is 30.0 Å². The maximum Gasteiger partial charge on any atom is 0.134 e. The van der Waals surface area contributed by atoms with Gasteiger partial charge in [0, 0.05) is 17.7 Å². The van der Waals surface area contributed by atoms with Gasteiger partial charge >= 0.3 is 0 Å². The van der Waals surface area contributed by atoms with Crippen molar-refractivity contribution in [1.29, 1.82) is 0 Å². The van der Waals surface area contributed by atoms with Crippen molar-refractivity contribution in [2.24, 2.45) is 5.92 Å². The van der Waals surface area contributed by atoms with Gasteiger partial charge in [0.2, 0.25) is 0 Å². The molecule has 0 aliphatic carbocycles. The largest absolute Gasteiger partial charge is 0.459 e. The SMILES string of the molecule is CCCNC(CSCC(C)CO)c1cc2ccccc2o1. The summed E-state index contributed by atoms with van der Waals surface area (Å²) in [5.41, 5.74) is 0.949. The Morgan fingerprint density at radius 1 is 1.29 bits per heavy atom. The Hall–Kier alpha value is -0.970. The average Bonchev–Trinajstić information content (AvgIpc) is 2.94. The van der Waals surface area contributed by atoms with Gasteiger partial charge in [0.25, 0.3) is 0 Å². The summed E-state index contributed by atoms with van der Waals surface area (Å²) in [6.45, 7) is 5.48. The van der Waals surface area contributed by atoms with E-state index in [1.54, 1.807) is 0 Å². The fourth-order valence-corrected chi connectivity index (χ4v) is 3.34. The number of nitrogens with one attached hydrogen (secondary N) is 1. The number of hydrogen-bond donors (Lipinski definition) is 2. The molecule has 21 heavy (non-hydrogen) atoms. The van der Waals surface area contributed by atoms with Crippen molar-refractivity contribution in [3.05, 3.63) is 36.1 Å². The van der Waals surface area contributed by atoms with Crippen LogP contribution in [-0.2, 0) is 0 Å². The number of rotatable bonds is 9. The molecule has 2 unspecified atom stereocenters. The molecule has 1 aromatic heterocycles. The van der Waals surface area contributed by atoms with E-state index < -0.39 is 0 Å². The molecule has 3 nitrogen and oxygen atoms in total. The van der Waals surface area contributed by atoms with Gasteiger partial charge in [0.1, 0.15) is 11.3 Å². The Morgan fingerprint density at radius 2 is 2.10 bits per heavy atom. The molecule has 0 fully saturated rings. The van der Waals surface area contributed by atoms with Crippen molar-refractivity contribution in [1.82, 2.24) is 5.32 Å². The Balaban J connectivity index is 2.03. The van der Waals surface area contributed by atoms with Crippen LogP contribution in [0.3, 0.4) is 0 Å². The first-order valence-corrected chi connectivity index (χ1v) is 8.80.